The lowest BCUT2D eigenvalue weighted by molar-refractivity contribution is -0.206. The Hall–Kier alpha value is -2.21. The van der Waals surface area contributed by atoms with Gasteiger partial charge < -0.3 is 10.2 Å². The van der Waals surface area contributed by atoms with E-state index in [1.54, 1.807) is 10.8 Å². The Morgan fingerprint density at radius 2 is 1.65 bits per heavy atom. The summed E-state index contributed by atoms with van der Waals surface area (Å²) < 4.78 is 1.63. The van der Waals surface area contributed by atoms with Crippen molar-refractivity contribution in [1.82, 2.24) is 9.47 Å². The van der Waals surface area contributed by atoms with Crippen molar-refractivity contribution in [2.24, 2.45) is 0 Å². The number of benzene rings is 1. The van der Waals surface area contributed by atoms with Crippen molar-refractivity contribution >= 4 is 16.8 Å². The first-order valence-corrected chi connectivity index (χ1v) is 14.6. The SMILES string of the molecule is CCCCC/C=C\C/C=C\CCCCCCCC(=O)n1cc(C(O)(O)C2CCCN2C)c2ccccc21. The number of likely N-dealkylation sites (N-methyl/N-ethyl adjacent to an activating group) is 1. The first-order chi connectivity index (χ1) is 18.0. The van der Waals surface area contributed by atoms with Gasteiger partial charge in [0.25, 0.3) is 0 Å². The van der Waals surface area contributed by atoms with Gasteiger partial charge >= 0.3 is 0 Å². The number of carbonyl (C=O) groups is 1. The summed E-state index contributed by atoms with van der Waals surface area (Å²) in [6.45, 7) is 3.08. The summed E-state index contributed by atoms with van der Waals surface area (Å²) in [5, 5.41) is 23.0. The molecule has 1 saturated heterocycles. The van der Waals surface area contributed by atoms with Gasteiger partial charge in [0, 0.05) is 23.6 Å². The van der Waals surface area contributed by atoms with Gasteiger partial charge in [-0.3, -0.25) is 14.3 Å². The first kappa shape index (κ1) is 29.3. The monoisotopic (exact) mass is 508 g/mol. The molecular weight excluding hydrogens is 460 g/mol. The topological polar surface area (TPSA) is 65.7 Å². The lowest BCUT2D eigenvalue weighted by Gasteiger charge is -2.32. The standard InChI is InChI=1S/C32H48N2O3/c1-3-4-5-6-7-8-9-10-11-12-13-14-15-16-17-24-31(35)34-26-28(27-21-18-19-22-29(27)34)32(36,37)30-23-20-25-33(30)2/h7-8,10-11,18-19,21-22,26,30,36-37H,3-6,9,12-17,20,23-25H2,1-2H3/b8-7-,11-10-. The normalized spacial score (nSPS) is 17.1. The molecule has 5 nitrogen and oxygen atoms in total. The van der Waals surface area contributed by atoms with E-state index in [-0.39, 0.29) is 11.9 Å². The van der Waals surface area contributed by atoms with Crippen LogP contribution >= 0.6 is 0 Å². The van der Waals surface area contributed by atoms with Crippen molar-refractivity contribution in [3.8, 4) is 0 Å². The third kappa shape index (κ3) is 8.39. The van der Waals surface area contributed by atoms with E-state index in [9.17, 15) is 15.0 Å². The second kappa shape index (κ2) is 15.3. The van der Waals surface area contributed by atoms with E-state index in [1.807, 2.05) is 36.2 Å². The zero-order chi connectivity index (χ0) is 26.5. The molecular formula is C32H48N2O3. The predicted molar refractivity (Wildman–Crippen MR) is 154 cm³/mol. The molecule has 1 aliphatic rings. The number of rotatable bonds is 16. The molecule has 204 valence electrons. The van der Waals surface area contributed by atoms with Gasteiger partial charge in [-0.25, -0.2) is 0 Å². The molecule has 0 aliphatic carbocycles. The maximum Gasteiger partial charge on any atom is 0.231 e. The minimum atomic E-state index is -1.99. The number of aromatic nitrogens is 1. The lowest BCUT2D eigenvalue weighted by Crippen LogP contribution is -2.45. The van der Waals surface area contributed by atoms with Crippen molar-refractivity contribution in [3.05, 3.63) is 60.3 Å². The molecule has 2 heterocycles. The predicted octanol–water partition coefficient (Wildman–Crippen LogP) is 7.33. The largest absolute Gasteiger partial charge is 0.361 e. The lowest BCUT2D eigenvalue weighted by atomic mass is 9.96. The zero-order valence-corrected chi connectivity index (χ0v) is 23.1. The van der Waals surface area contributed by atoms with Crippen LogP contribution in [0.2, 0.25) is 0 Å². The van der Waals surface area contributed by atoms with Gasteiger partial charge in [0.1, 0.15) is 0 Å². The van der Waals surface area contributed by atoms with Crippen LogP contribution in [0.4, 0.5) is 0 Å². The van der Waals surface area contributed by atoms with Crippen molar-refractivity contribution in [2.75, 3.05) is 13.6 Å². The second-order valence-corrected chi connectivity index (χ2v) is 10.7. The molecule has 2 aromatic rings. The maximum atomic E-state index is 13.1. The number of allylic oxidation sites excluding steroid dienone is 4. The summed E-state index contributed by atoms with van der Waals surface area (Å²) in [6, 6.07) is 7.18. The molecule has 1 aromatic heterocycles. The van der Waals surface area contributed by atoms with Gasteiger partial charge in [-0.2, -0.15) is 0 Å². The van der Waals surface area contributed by atoms with E-state index >= 15 is 0 Å². The molecule has 1 fully saturated rings. The van der Waals surface area contributed by atoms with Gasteiger partial charge in [0.15, 0.2) is 0 Å². The van der Waals surface area contributed by atoms with E-state index in [2.05, 4.69) is 31.2 Å². The smallest absolute Gasteiger partial charge is 0.231 e. The third-order valence-corrected chi connectivity index (χ3v) is 7.70. The highest BCUT2D eigenvalue weighted by atomic mass is 16.5. The van der Waals surface area contributed by atoms with Crippen LogP contribution in [0, 0.1) is 0 Å². The number of nitrogens with zero attached hydrogens (tertiary/aromatic N) is 2. The van der Waals surface area contributed by atoms with Gasteiger partial charge in [-0.15, -0.1) is 0 Å². The van der Waals surface area contributed by atoms with E-state index in [0.29, 0.717) is 12.0 Å². The highest BCUT2D eigenvalue weighted by Gasteiger charge is 2.43. The number of likely N-dealkylation sites (tertiary alicyclic amines) is 1. The van der Waals surface area contributed by atoms with Crippen LogP contribution in [0.1, 0.15) is 107 Å². The fourth-order valence-electron chi connectivity index (χ4n) is 5.49. The molecule has 0 amide bonds. The first-order valence-electron chi connectivity index (χ1n) is 14.6. The van der Waals surface area contributed by atoms with Gasteiger partial charge in [-0.1, -0.05) is 81.5 Å². The van der Waals surface area contributed by atoms with E-state index in [1.165, 1.54) is 38.5 Å². The average molecular weight is 509 g/mol. The van der Waals surface area contributed by atoms with Gasteiger partial charge in [0.05, 0.1) is 11.6 Å². The number of hydrogen-bond donors (Lipinski definition) is 2. The Morgan fingerprint density at radius 3 is 2.35 bits per heavy atom. The fourth-order valence-corrected chi connectivity index (χ4v) is 5.49. The van der Waals surface area contributed by atoms with Crippen molar-refractivity contribution in [3.63, 3.8) is 0 Å². The quantitative estimate of drug-likeness (QED) is 0.142. The summed E-state index contributed by atoms with van der Waals surface area (Å²) >= 11 is 0. The Kier molecular flexibility index (Phi) is 12.1. The molecule has 3 rings (SSSR count). The van der Waals surface area contributed by atoms with Crippen LogP contribution in [-0.4, -0.2) is 45.2 Å². The van der Waals surface area contributed by atoms with Crippen LogP contribution in [-0.2, 0) is 5.79 Å². The van der Waals surface area contributed by atoms with E-state index in [0.717, 1.165) is 62.4 Å². The van der Waals surface area contributed by atoms with Crippen molar-refractivity contribution < 1.29 is 15.0 Å². The summed E-state index contributed by atoms with van der Waals surface area (Å²) in [6.07, 6.45) is 25.6. The minimum Gasteiger partial charge on any atom is -0.361 e. The number of unbranched alkanes of at least 4 members (excludes halogenated alkanes) is 8. The van der Waals surface area contributed by atoms with Crippen LogP contribution in [0.3, 0.4) is 0 Å². The van der Waals surface area contributed by atoms with Crippen LogP contribution in [0.25, 0.3) is 10.9 Å². The average Bonchev–Trinajstić information content (AvgIpc) is 3.51. The van der Waals surface area contributed by atoms with Gasteiger partial charge in [-0.05, 0) is 71.0 Å². The Morgan fingerprint density at radius 1 is 0.973 bits per heavy atom. The summed E-state index contributed by atoms with van der Waals surface area (Å²) in [5.41, 5.74) is 1.17. The number of para-hydroxylation sites is 1. The number of hydrogen-bond acceptors (Lipinski definition) is 4. The van der Waals surface area contributed by atoms with Gasteiger partial charge in [0.2, 0.25) is 11.7 Å². The molecule has 1 unspecified atom stereocenters. The third-order valence-electron chi connectivity index (χ3n) is 7.70. The molecule has 37 heavy (non-hydrogen) atoms. The van der Waals surface area contributed by atoms with Crippen molar-refractivity contribution in [2.45, 2.75) is 109 Å². The van der Waals surface area contributed by atoms with Crippen LogP contribution in [0.15, 0.2) is 54.8 Å². The molecule has 0 radical (unpaired) electrons. The summed E-state index contributed by atoms with van der Waals surface area (Å²) in [7, 11) is 1.92. The molecule has 1 atom stereocenters. The summed E-state index contributed by atoms with van der Waals surface area (Å²) in [5.74, 6) is -1.97. The zero-order valence-electron chi connectivity index (χ0n) is 23.1. The van der Waals surface area contributed by atoms with E-state index in [4.69, 9.17) is 0 Å². The molecule has 0 saturated carbocycles. The maximum absolute atomic E-state index is 13.1. The van der Waals surface area contributed by atoms with Crippen LogP contribution in [0.5, 0.6) is 0 Å². The highest BCUT2D eigenvalue weighted by Crippen LogP contribution is 2.37. The van der Waals surface area contributed by atoms with Crippen LogP contribution < -0.4 is 0 Å². The molecule has 2 N–H and O–H groups in total. The Labute approximate surface area is 223 Å². The van der Waals surface area contributed by atoms with Crippen molar-refractivity contribution in [1.29, 1.82) is 0 Å². The summed E-state index contributed by atoms with van der Waals surface area (Å²) in [4.78, 5) is 15.1. The Balaban J connectivity index is 1.40. The molecule has 5 heteroatoms. The molecule has 0 bridgehead atoms. The molecule has 0 spiro atoms. The minimum absolute atomic E-state index is 0.0173. The Bertz CT molecular complexity index is 1020. The second-order valence-electron chi connectivity index (χ2n) is 10.7. The highest BCUT2D eigenvalue weighted by molar-refractivity contribution is 5.94. The molecule has 1 aliphatic heterocycles. The van der Waals surface area contributed by atoms with E-state index < -0.39 is 5.79 Å². The fraction of sp³-hybridized carbons (Fsp3) is 0.594. The number of aliphatic hydroxyl groups is 2. The molecule has 1 aromatic carbocycles. The number of carbonyl (C=O) groups excluding carboxylic acids is 1. The number of fused-ring (bicyclic) bond motifs is 1.